The van der Waals surface area contributed by atoms with Crippen molar-refractivity contribution in [3.05, 3.63) is 101 Å². The van der Waals surface area contributed by atoms with Gasteiger partial charge in [0.1, 0.15) is 28.0 Å². The Labute approximate surface area is 231 Å². The summed E-state index contributed by atoms with van der Waals surface area (Å²) in [5, 5.41) is 9.44. The first-order valence-corrected chi connectivity index (χ1v) is 15.3. The summed E-state index contributed by atoms with van der Waals surface area (Å²) >= 11 is 1.54. The summed E-state index contributed by atoms with van der Waals surface area (Å²) in [6, 6.07) is 14.0. The molecule has 8 nitrogen and oxygen atoms in total. The normalized spacial score (nSPS) is 12.8. The molecule has 11 heteroatoms. The number of ether oxygens (including phenoxy) is 1. The van der Waals surface area contributed by atoms with Crippen molar-refractivity contribution in [3.8, 4) is 5.75 Å². The van der Waals surface area contributed by atoms with E-state index in [4.69, 9.17) is 9.72 Å². The van der Waals surface area contributed by atoms with E-state index in [1.165, 1.54) is 18.4 Å². The van der Waals surface area contributed by atoms with Crippen molar-refractivity contribution < 1.29 is 17.5 Å². The van der Waals surface area contributed by atoms with E-state index in [1.54, 1.807) is 17.4 Å². The van der Waals surface area contributed by atoms with Gasteiger partial charge in [0, 0.05) is 53.9 Å². The Balaban J connectivity index is 1.20. The fourth-order valence-corrected chi connectivity index (χ4v) is 5.35. The molecule has 0 unspecified atom stereocenters. The van der Waals surface area contributed by atoms with Crippen LogP contribution in [0.3, 0.4) is 0 Å². The topological polar surface area (TPSA) is 96.5 Å². The maximum absolute atomic E-state index is 13.4. The van der Waals surface area contributed by atoms with Gasteiger partial charge in [0.2, 0.25) is 0 Å². The highest BCUT2D eigenvalue weighted by Crippen LogP contribution is 2.32. The zero-order valence-electron chi connectivity index (χ0n) is 21.3. The van der Waals surface area contributed by atoms with E-state index in [2.05, 4.69) is 20.5 Å². The summed E-state index contributed by atoms with van der Waals surface area (Å²) in [7, 11) is -2.99. The van der Waals surface area contributed by atoms with Crippen LogP contribution in [0.2, 0.25) is 0 Å². The van der Waals surface area contributed by atoms with Crippen LogP contribution in [0.1, 0.15) is 22.4 Å². The Morgan fingerprint density at radius 1 is 1.15 bits per heavy atom. The molecule has 3 heterocycles. The van der Waals surface area contributed by atoms with Gasteiger partial charge in [-0.05, 0) is 48.0 Å². The van der Waals surface area contributed by atoms with Crippen LogP contribution < -0.4 is 20.3 Å². The molecule has 5 rings (SSSR count). The zero-order valence-corrected chi connectivity index (χ0v) is 22.9. The third kappa shape index (κ3) is 7.41. The maximum Gasteiger partial charge on any atom is 0.189 e. The predicted octanol–water partition coefficient (Wildman–Crippen LogP) is 5.12. The number of hydrogen-bond donors (Lipinski definition) is 2. The minimum Gasteiger partial charge on any atom is -0.489 e. The second-order valence-electron chi connectivity index (χ2n) is 9.19. The smallest absolute Gasteiger partial charge is 0.189 e. The van der Waals surface area contributed by atoms with Crippen molar-refractivity contribution in [1.29, 1.82) is 0 Å². The van der Waals surface area contributed by atoms with E-state index < -0.39 is 9.84 Å². The van der Waals surface area contributed by atoms with E-state index in [1.807, 2.05) is 60.4 Å². The van der Waals surface area contributed by atoms with E-state index >= 15 is 0 Å². The van der Waals surface area contributed by atoms with E-state index in [-0.39, 0.29) is 18.2 Å². The Morgan fingerprint density at radius 2 is 2.00 bits per heavy atom. The number of anilines is 3. The fraction of sp³-hybridized carbons (Fsp3) is 0.214. The summed E-state index contributed by atoms with van der Waals surface area (Å²) in [5.41, 5.74) is 5.56. The molecule has 39 heavy (non-hydrogen) atoms. The number of thiazole rings is 1. The number of aromatic nitrogens is 2. The van der Waals surface area contributed by atoms with Gasteiger partial charge < -0.3 is 20.3 Å². The number of fused-ring (bicyclic) bond motifs is 1. The molecule has 0 aliphatic carbocycles. The molecule has 1 aliphatic heterocycles. The number of pyridine rings is 1. The first-order valence-electron chi connectivity index (χ1n) is 12.3. The first-order chi connectivity index (χ1) is 18.8. The van der Waals surface area contributed by atoms with Gasteiger partial charge in [-0.3, -0.25) is 4.98 Å². The standard InChI is InChI=1S/C28H28FN5O3S2/c1-39(35,36)12-10-30-15-24-19-38-28(33-24)34-11-9-21-14-31-16-27(26(21)17-34)32-23-5-7-25(8-6-23)37-18-20-3-2-4-22(29)13-20/h2-9,11,13-14,16,19,30,32H,10,12,15,17-18H2,1H3. The molecule has 4 aromatic rings. The molecule has 2 aromatic carbocycles. The van der Waals surface area contributed by atoms with Crippen molar-refractivity contribution in [2.75, 3.05) is 28.8 Å². The van der Waals surface area contributed by atoms with Crippen molar-refractivity contribution in [2.45, 2.75) is 19.7 Å². The third-order valence-corrected chi connectivity index (χ3v) is 7.89. The molecule has 2 aromatic heterocycles. The van der Waals surface area contributed by atoms with Crippen molar-refractivity contribution in [1.82, 2.24) is 15.3 Å². The van der Waals surface area contributed by atoms with Crippen LogP contribution in [0, 0.1) is 5.82 Å². The Morgan fingerprint density at radius 3 is 2.79 bits per heavy atom. The number of benzene rings is 2. The van der Waals surface area contributed by atoms with Gasteiger partial charge in [-0.25, -0.2) is 17.8 Å². The summed E-state index contributed by atoms with van der Waals surface area (Å²) in [4.78, 5) is 11.2. The lowest BCUT2D eigenvalue weighted by molar-refractivity contribution is 0.305. The highest BCUT2D eigenvalue weighted by atomic mass is 32.2. The largest absolute Gasteiger partial charge is 0.489 e. The minimum absolute atomic E-state index is 0.101. The third-order valence-electron chi connectivity index (χ3n) is 6.02. The van der Waals surface area contributed by atoms with Crippen LogP contribution in [0.5, 0.6) is 5.75 Å². The number of rotatable bonds is 11. The SMILES string of the molecule is CS(=O)(=O)CCNCc1csc(N2C=Cc3cncc(Nc4ccc(OCc5cccc(F)c5)cc4)c3C2)n1. The second kappa shape index (κ2) is 11.9. The van der Waals surface area contributed by atoms with Crippen molar-refractivity contribution in [2.24, 2.45) is 0 Å². The van der Waals surface area contributed by atoms with Gasteiger partial charge in [0.05, 0.1) is 29.9 Å². The summed E-state index contributed by atoms with van der Waals surface area (Å²) in [6.07, 6.45) is 8.90. The first kappa shape index (κ1) is 26.8. The fourth-order valence-electron chi connectivity index (χ4n) is 4.02. The number of nitrogens with zero attached hydrogens (tertiary/aromatic N) is 3. The minimum atomic E-state index is -2.99. The van der Waals surface area contributed by atoms with Crippen LogP contribution in [0.25, 0.3) is 6.08 Å². The number of nitrogens with one attached hydrogen (secondary N) is 2. The van der Waals surface area contributed by atoms with Crippen LogP contribution >= 0.6 is 11.3 Å². The van der Waals surface area contributed by atoms with Gasteiger partial charge in [0.25, 0.3) is 0 Å². The molecule has 0 saturated carbocycles. The molecule has 0 fully saturated rings. The lowest BCUT2D eigenvalue weighted by Gasteiger charge is -2.25. The Hall–Kier alpha value is -3.80. The molecule has 1 aliphatic rings. The van der Waals surface area contributed by atoms with E-state index in [9.17, 15) is 12.8 Å². The van der Waals surface area contributed by atoms with E-state index in [0.717, 1.165) is 38.9 Å². The highest BCUT2D eigenvalue weighted by molar-refractivity contribution is 7.90. The van der Waals surface area contributed by atoms with Gasteiger partial charge >= 0.3 is 0 Å². The van der Waals surface area contributed by atoms with Crippen LogP contribution in [0.15, 0.2) is 72.5 Å². The lowest BCUT2D eigenvalue weighted by atomic mass is 10.1. The molecule has 0 atom stereocenters. The van der Waals surface area contributed by atoms with E-state index in [0.29, 0.717) is 25.4 Å². The number of hydrogen-bond acceptors (Lipinski definition) is 9. The Kier molecular flexibility index (Phi) is 8.20. The number of sulfone groups is 1. The molecule has 0 spiro atoms. The van der Waals surface area contributed by atoms with Crippen LogP contribution in [-0.4, -0.2) is 36.9 Å². The Bertz CT molecular complexity index is 1570. The summed E-state index contributed by atoms with van der Waals surface area (Å²) in [5.74, 6) is 0.514. The maximum atomic E-state index is 13.4. The molecule has 0 amide bonds. The quantitative estimate of drug-likeness (QED) is 0.242. The average Bonchev–Trinajstić information content (AvgIpc) is 3.39. The second-order valence-corrected chi connectivity index (χ2v) is 12.3. The van der Waals surface area contributed by atoms with Crippen LogP contribution in [0.4, 0.5) is 20.9 Å². The lowest BCUT2D eigenvalue weighted by Crippen LogP contribution is -2.22. The van der Waals surface area contributed by atoms with Gasteiger partial charge in [-0.15, -0.1) is 11.3 Å². The monoisotopic (exact) mass is 565 g/mol. The van der Waals surface area contributed by atoms with Gasteiger partial charge in [0.15, 0.2) is 5.13 Å². The summed E-state index contributed by atoms with van der Waals surface area (Å²) in [6.45, 7) is 1.82. The van der Waals surface area contributed by atoms with Crippen molar-refractivity contribution in [3.63, 3.8) is 0 Å². The molecule has 0 radical (unpaired) electrons. The summed E-state index contributed by atoms with van der Waals surface area (Å²) < 4.78 is 41.8. The molecular weight excluding hydrogens is 537 g/mol. The zero-order chi connectivity index (χ0) is 27.2. The average molecular weight is 566 g/mol. The van der Waals surface area contributed by atoms with Crippen molar-refractivity contribution >= 4 is 43.8 Å². The molecule has 2 N–H and O–H groups in total. The van der Waals surface area contributed by atoms with Crippen LogP contribution in [-0.2, 0) is 29.5 Å². The highest BCUT2D eigenvalue weighted by Gasteiger charge is 2.18. The number of halogens is 1. The predicted molar refractivity (Wildman–Crippen MR) is 153 cm³/mol. The van der Waals surface area contributed by atoms with Gasteiger partial charge in [-0.2, -0.15) is 0 Å². The molecule has 0 bridgehead atoms. The molecule has 202 valence electrons. The molecular formula is C28H28FN5O3S2. The molecule has 0 saturated heterocycles. The van der Waals surface area contributed by atoms with Gasteiger partial charge in [-0.1, -0.05) is 12.1 Å².